The molecule has 0 saturated carbocycles. The van der Waals surface area contributed by atoms with Crippen molar-refractivity contribution in [3.05, 3.63) is 71.7 Å². The highest BCUT2D eigenvalue weighted by Crippen LogP contribution is 2.21. The van der Waals surface area contributed by atoms with Crippen LogP contribution in [0.4, 0.5) is 10.6 Å². The molecule has 8 heteroatoms. The molecule has 0 aliphatic carbocycles. The van der Waals surface area contributed by atoms with E-state index in [-0.39, 0.29) is 6.03 Å². The largest absolute Gasteiger partial charge is 0.382 e. The van der Waals surface area contributed by atoms with Gasteiger partial charge in [-0.1, -0.05) is 18.2 Å². The van der Waals surface area contributed by atoms with Crippen molar-refractivity contribution in [1.29, 1.82) is 5.26 Å². The molecule has 4 N–H and O–H groups in total. The average Bonchev–Trinajstić information content (AvgIpc) is 3.06. The van der Waals surface area contributed by atoms with E-state index in [2.05, 4.69) is 26.8 Å². The molecular formula is C20H21N7O. The summed E-state index contributed by atoms with van der Waals surface area (Å²) in [5.41, 5.74) is 8.88. The van der Waals surface area contributed by atoms with E-state index in [1.165, 1.54) is 0 Å². The highest BCUT2D eigenvalue weighted by Gasteiger charge is 2.16. The van der Waals surface area contributed by atoms with Crippen LogP contribution in [0.15, 0.2) is 54.9 Å². The molecular weight excluding hydrogens is 354 g/mol. The predicted octanol–water partition coefficient (Wildman–Crippen LogP) is 2.15. The summed E-state index contributed by atoms with van der Waals surface area (Å²) >= 11 is 0. The molecule has 0 aliphatic heterocycles. The minimum Gasteiger partial charge on any atom is -0.382 e. The zero-order chi connectivity index (χ0) is 19.8. The Hall–Kier alpha value is -3.86. The number of aromatic nitrogens is 3. The molecule has 0 saturated heterocycles. The molecule has 0 bridgehead atoms. The SMILES string of the molecule is N#Cc1c(CCCNC(=O)NCc2ccncc2)nn(-c2ccccc2)c1N. The number of nitriles is 1. The van der Waals surface area contributed by atoms with Gasteiger partial charge >= 0.3 is 6.03 Å². The van der Waals surface area contributed by atoms with E-state index in [4.69, 9.17) is 5.73 Å². The zero-order valence-corrected chi connectivity index (χ0v) is 15.3. The van der Waals surface area contributed by atoms with Crippen LogP contribution in [-0.4, -0.2) is 27.3 Å². The minimum absolute atomic E-state index is 0.244. The van der Waals surface area contributed by atoms with E-state index in [1.54, 1.807) is 17.1 Å². The summed E-state index contributed by atoms with van der Waals surface area (Å²) in [6.07, 6.45) is 4.55. The lowest BCUT2D eigenvalue weighted by Crippen LogP contribution is -2.35. The first-order valence-corrected chi connectivity index (χ1v) is 8.92. The molecule has 142 valence electrons. The second-order valence-electron chi connectivity index (χ2n) is 6.13. The van der Waals surface area contributed by atoms with Gasteiger partial charge in [-0.15, -0.1) is 0 Å². The molecule has 3 rings (SSSR count). The van der Waals surface area contributed by atoms with Crippen LogP contribution in [0, 0.1) is 11.3 Å². The van der Waals surface area contributed by atoms with Gasteiger partial charge in [0.25, 0.3) is 0 Å². The quantitative estimate of drug-likeness (QED) is 0.546. The third-order valence-corrected chi connectivity index (χ3v) is 4.18. The standard InChI is InChI=1S/C20H21N7O/c21-13-17-18(26-27(19(17)22)16-5-2-1-3-6-16)7-4-10-24-20(28)25-14-15-8-11-23-12-9-15/h1-3,5-6,8-9,11-12H,4,7,10,14,22H2,(H2,24,25,28). The number of rotatable bonds is 7. The Bertz CT molecular complexity index is 961. The van der Waals surface area contributed by atoms with E-state index in [0.29, 0.717) is 43.0 Å². The number of nitrogens with one attached hydrogen (secondary N) is 2. The normalized spacial score (nSPS) is 10.2. The summed E-state index contributed by atoms with van der Waals surface area (Å²) < 4.78 is 1.57. The molecule has 2 amide bonds. The molecule has 0 aliphatic rings. The average molecular weight is 375 g/mol. The third-order valence-electron chi connectivity index (χ3n) is 4.18. The molecule has 8 nitrogen and oxygen atoms in total. The van der Waals surface area contributed by atoms with Crippen LogP contribution in [0.25, 0.3) is 5.69 Å². The highest BCUT2D eigenvalue weighted by molar-refractivity contribution is 5.73. The van der Waals surface area contributed by atoms with Gasteiger partial charge < -0.3 is 16.4 Å². The number of nitrogens with zero attached hydrogens (tertiary/aromatic N) is 4. The van der Waals surface area contributed by atoms with Crippen LogP contribution in [0.5, 0.6) is 0 Å². The number of aryl methyl sites for hydroxylation is 1. The topological polar surface area (TPSA) is 122 Å². The van der Waals surface area contributed by atoms with Gasteiger partial charge in [-0.2, -0.15) is 10.4 Å². The van der Waals surface area contributed by atoms with Gasteiger partial charge in [-0.05, 0) is 42.7 Å². The number of nitrogens with two attached hydrogens (primary N) is 1. The first-order valence-electron chi connectivity index (χ1n) is 8.92. The fraction of sp³-hybridized carbons (Fsp3) is 0.200. The Balaban J connectivity index is 1.51. The second kappa shape index (κ2) is 9.19. The molecule has 3 aromatic rings. The molecule has 0 radical (unpaired) electrons. The van der Waals surface area contributed by atoms with Crippen molar-refractivity contribution in [2.45, 2.75) is 19.4 Å². The summed E-state index contributed by atoms with van der Waals surface area (Å²) in [5.74, 6) is 0.326. The monoisotopic (exact) mass is 375 g/mol. The van der Waals surface area contributed by atoms with E-state index in [9.17, 15) is 10.1 Å². The molecule has 2 aromatic heterocycles. The number of nitrogen functional groups attached to an aromatic ring is 1. The summed E-state index contributed by atoms with van der Waals surface area (Å²) in [4.78, 5) is 15.8. The fourth-order valence-corrected chi connectivity index (χ4v) is 2.74. The van der Waals surface area contributed by atoms with E-state index < -0.39 is 0 Å². The van der Waals surface area contributed by atoms with Crippen molar-refractivity contribution in [1.82, 2.24) is 25.4 Å². The number of hydrogen-bond acceptors (Lipinski definition) is 5. The van der Waals surface area contributed by atoms with Crippen LogP contribution in [0.3, 0.4) is 0 Å². The van der Waals surface area contributed by atoms with Gasteiger partial charge in [0.05, 0.1) is 11.4 Å². The number of amides is 2. The van der Waals surface area contributed by atoms with Gasteiger partial charge in [0.1, 0.15) is 17.5 Å². The molecule has 0 spiro atoms. The number of benzene rings is 1. The number of para-hydroxylation sites is 1. The lowest BCUT2D eigenvalue weighted by molar-refractivity contribution is 0.240. The first-order chi connectivity index (χ1) is 13.7. The Kier molecular flexibility index (Phi) is 6.21. The van der Waals surface area contributed by atoms with Crippen molar-refractivity contribution in [2.24, 2.45) is 0 Å². The van der Waals surface area contributed by atoms with Crippen molar-refractivity contribution in [2.75, 3.05) is 12.3 Å². The van der Waals surface area contributed by atoms with Gasteiger partial charge in [0, 0.05) is 25.5 Å². The van der Waals surface area contributed by atoms with E-state index >= 15 is 0 Å². The van der Waals surface area contributed by atoms with Crippen molar-refractivity contribution >= 4 is 11.8 Å². The van der Waals surface area contributed by atoms with Crippen LogP contribution in [-0.2, 0) is 13.0 Å². The summed E-state index contributed by atoms with van der Waals surface area (Å²) in [7, 11) is 0. The van der Waals surface area contributed by atoms with Crippen molar-refractivity contribution in [3.63, 3.8) is 0 Å². The maximum atomic E-state index is 11.9. The van der Waals surface area contributed by atoms with Gasteiger partial charge in [0.15, 0.2) is 0 Å². The zero-order valence-electron chi connectivity index (χ0n) is 15.3. The predicted molar refractivity (Wildman–Crippen MR) is 105 cm³/mol. The Morgan fingerprint density at radius 2 is 1.89 bits per heavy atom. The number of urea groups is 1. The Labute approximate surface area is 163 Å². The fourth-order valence-electron chi connectivity index (χ4n) is 2.74. The first kappa shape index (κ1) is 18.9. The van der Waals surface area contributed by atoms with Gasteiger partial charge in [0.2, 0.25) is 0 Å². The number of carbonyl (C=O) groups excluding carboxylic acids is 1. The van der Waals surface area contributed by atoms with Gasteiger partial charge in [-0.25, -0.2) is 9.48 Å². The van der Waals surface area contributed by atoms with Gasteiger partial charge in [-0.3, -0.25) is 4.98 Å². The van der Waals surface area contributed by atoms with Crippen LogP contribution in [0.1, 0.15) is 23.2 Å². The molecule has 0 fully saturated rings. The number of pyridine rings is 1. The van der Waals surface area contributed by atoms with Crippen LogP contribution >= 0.6 is 0 Å². The second-order valence-corrected chi connectivity index (χ2v) is 6.13. The Morgan fingerprint density at radius 3 is 2.61 bits per heavy atom. The highest BCUT2D eigenvalue weighted by atomic mass is 16.2. The number of anilines is 1. The van der Waals surface area contributed by atoms with E-state index in [0.717, 1.165) is 11.3 Å². The summed E-state index contributed by atoms with van der Waals surface area (Å²) in [5, 5.41) is 19.5. The Morgan fingerprint density at radius 1 is 1.14 bits per heavy atom. The molecule has 1 aromatic carbocycles. The van der Waals surface area contributed by atoms with Crippen LogP contribution in [0.2, 0.25) is 0 Å². The number of carbonyl (C=O) groups is 1. The molecule has 28 heavy (non-hydrogen) atoms. The smallest absolute Gasteiger partial charge is 0.315 e. The minimum atomic E-state index is -0.244. The summed E-state index contributed by atoms with van der Waals surface area (Å²) in [6.45, 7) is 0.899. The number of hydrogen-bond donors (Lipinski definition) is 3. The van der Waals surface area contributed by atoms with Crippen molar-refractivity contribution in [3.8, 4) is 11.8 Å². The van der Waals surface area contributed by atoms with Crippen molar-refractivity contribution < 1.29 is 4.79 Å². The maximum Gasteiger partial charge on any atom is 0.315 e. The van der Waals surface area contributed by atoms with E-state index in [1.807, 2.05) is 42.5 Å². The molecule has 2 heterocycles. The lowest BCUT2D eigenvalue weighted by atomic mass is 10.1. The molecule has 0 atom stereocenters. The maximum absolute atomic E-state index is 11.9. The van der Waals surface area contributed by atoms with Crippen LogP contribution < -0.4 is 16.4 Å². The summed E-state index contributed by atoms with van der Waals surface area (Å²) in [6, 6.07) is 15.0. The molecule has 0 unspecified atom stereocenters. The lowest BCUT2D eigenvalue weighted by Gasteiger charge is -2.07. The third kappa shape index (κ3) is 4.65.